The number of hydrogen-bond donors (Lipinski definition) is 0. The minimum Gasteiger partial charge on any atom is -0.488 e. The highest BCUT2D eigenvalue weighted by Crippen LogP contribution is 2.28. The molecule has 0 spiro atoms. The Labute approximate surface area is 120 Å². The van der Waals surface area contributed by atoms with Gasteiger partial charge in [-0.3, -0.25) is 10.1 Å². The molecule has 0 aromatic heterocycles. The molecule has 0 saturated heterocycles. The minimum absolute atomic E-state index is 0.0567. The van der Waals surface area contributed by atoms with Crippen LogP contribution in [0, 0.1) is 34.2 Å². The fourth-order valence-electron chi connectivity index (χ4n) is 1.89. The summed E-state index contributed by atoms with van der Waals surface area (Å²) in [4.78, 5) is 10.3. The fraction of sp³-hybridized carbons (Fsp3) is 0.133. The number of nitro benzene ring substituents is 1. The third-order valence-electron chi connectivity index (χ3n) is 3.03. The molecule has 0 aliphatic rings. The molecule has 2 aromatic rings. The summed E-state index contributed by atoms with van der Waals surface area (Å²) in [5.74, 6) is -0.325. The highest BCUT2D eigenvalue weighted by Gasteiger charge is 2.15. The monoisotopic (exact) mass is 286 g/mol. The second-order valence-electron chi connectivity index (χ2n) is 4.34. The van der Waals surface area contributed by atoms with E-state index < -0.39 is 10.7 Å². The Bertz CT molecular complexity index is 738. The van der Waals surface area contributed by atoms with Crippen LogP contribution in [-0.4, -0.2) is 4.92 Å². The number of benzene rings is 2. The number of nitro groups is 1. The van der Waals surface area contributed by atoms with Gasteiger partial charge in [0.2, 0.25) is 0 Å². The second kappa shape index (κ2) is 6.01. The first-order chi connectivity index (χ1) is 10.0. The van der Waals surface area contributed by atoms with Crippen molar-refractivity contribution in [2.75, 3.05) is 0 Å². The maximum Gasteiger partial charge on any atom is 0.276 e. The van der Waals surface area contributed by atoms with Crippen molar-refractivity contribution in [2.45, 2.75) is 13.5 Å². The van der Waals surface area contributed by atoms with E-state index in [0.717, 1.165) is 0 Å². The molecule has 0 atom stereocenters. The molecule has 2 rings (SSSR count). The highest BCUT2D eigenvalue weighted by molar-refractivity contribution is 5.48. The highest BCUT2D eigenvalue weighted by atomic mass is 19.1. The summed E-state index contributed by atoms with van der Waals surface area (Å²) in [5, 5.41) is 19.6. The number of halogens is 1. The molecule has 6 heteroatoms. The summed E-state index contributed by atoms with van der Waals surface area (Å²) in [6, 6.07) is 10.6. The van der Waals surface area contributed by atoms with Crippen LogP contribution in [0.5, 0.6) is 5.75 Å². The third-order valence-corrected chi connectivity index (χ3v) is 3.03. The normalized spacial score (nSPS) is 9.95. The fourth-order valence-corrected chi connectivity index (χ4v) is 1.89. The molecule has 0 amide bonds. The van der Waals surface area contributed by atoms with Crippen molar-refractivity contribution >= 4 is 5.69 Å². The summed E-state index contributed by atoms with van der Waals surface area (Å²) in [7, 11) is 0. The number of nitriles is 1. The second-order valence-corrected chi connectivity index (χ2v) is 4.34. The van der Waals surface area contributed by atoms with E-state index in [2.05, 4.69) is 0 Å². The van der Waals surface area contributed by atoms with Crippen LogP contribution < -0.4 is 4.74 Å². The Morgan fingerprint density at radius 2 is 2.05 bits per heavy atom. The summed E-state index contributed by atoms with van der Waals surface area (Å²) < 4.78 is 19.3. The van der Waals surface area contributed by atoms with Gasteiger partial charge in [-0.25, -0.2) is 4.39 Å². The van der Waals surface area contributed by atoms with Crippen molar-refractivity contribution in [3.05, 3.63) is 69.0 Å². The van der Waals surface area contributed by atoms with Gasteiger partial charge in [-0.05, 0) is 19.1 Å². The quantitative estimate of drug-likeness (QED) is 0.636. The van der Waals surface area contributed by atoms with Gasteiger partial charge in [0.05, 0.1) is 16.1 Å². The Morgan fingerprint density at radius 1 is 1.33 bits per heavy atom. The smallest absolute Gasteiger partial charge is 0.276 e. The number of rotatable bonds is 4. The molecule has 106 valence electrons. The molecule has 0 bridgehead atoms. The van der Waals surface area contributed by atoms with Crippen molar-refractivity contribution in [2.24, 2.45) is 0 Å². The zero-order valence-corrected chi connectivity index (χ0v) is 11.2. The van der Waals surface area contributed by atoms with Crippen molar-refractivity contribution in [1.82, 2.24) is 0 Å². The van der Waals surface area contributed by atoms with E-state index in [1.54, 1.807) is 25.1 Å². The zero-order valence-electron chi connectivity index (χ0n) is 11.2. The molecule has 0 heterocycles. The predicted octanol–water partition coefficient (Wildman–Crippen LogP) is 3.49. The molecule has 0 aliphatic carbocycles. The SMILES string of the molecule is Cc1c(OCc2cccc(C#N)c2F)cccc1[N+](=O)[O-]. The van der Waals surface area contributed by atoms with E-state index in [1.165, 1.54) is 24.3 Å². The van der Waals surface area contributed by atoms with Crippen molar-refractivity contribution < 1.29 is 14.1 Å². The first kappa shape index (κ1) is 14.5. The molecule has 0 fully saturated rings. The molecule has 0 saturated carbocycles. The average molecular weight is 286 g/mol. The Morgan fingerprint density at radius 3 is 2.71 bits per heavy atom. The summed E-state index contributed by atoms with van der Waals surface area (Å²) in [5.41, 5.74) is 0.477. The standard InChI is InChI=1S/C15H11FN2O3/c1-10-13(18(19)20)6-3-7-14(10)21-9-12-5-2-4-11(8-17)15(12)16/h2-7H,9H2,1H3. The lowest BCUT2D eigenvalue weighted by Gasteiger charge is -2.10. The van der Waals surface area contributed by atoms with Gasteiger partial charge in [-0.15, -0.1) is 0 Å². The lowest BCUT2D eigenvalue weighted by molar-refractivity contribution is -0.385. The first-order valence-electron chi connectivity index (χ1n) is 6.09. The van der Waals surface area contributed by atoms with Crippen LogP contribution in [0.1, 0.15) is 16.7 Å². The van der Waals surface area contributed by atoms with Gasteiger partial charge in [0, 0.05) is 11.6 Å². The Kier molecular flexibility index (Phi) is 4.14. The number of nitrogens with zero attached hydrogens (tertiary/aromatic N) is 2. The van der Waals surface area contributed by atoms with E-state index in [9.17, 15) is 14.5 Å². The van der Waals surface area contributed by atoms with Gasteiger partial charge in [0.15, 0.2) is 0 Å². The Balaban J connectivity index is 2.24. The maximum absolute atomic E-state index is 13.9. The van der Waals surface area contributed by atoms with Crippen LogP contribution in [0.25, 0.3) is 0 Å². The number of hydrogen-bond acceptors (Lipinski definition) is 4. The van der Waals surface area contributed by atoms with Crippen LogP contribution in [-0.2, 0) is 6.61 Å². The molecule has 0 radical (unpaired) electrons. The molecular weight excluding hydrogens is 275 g/mol. The zero-order chi connectivity index (χ0) is 15.4. The van der Waals surface area contributed by atoms with Crippen molar-refractivity contribution in [3.63, 3.8) is 0 Å². The van der Waals surface area contributed by atoms with Gasteiger partial charge in [-0.2, -0.15) is 5.26 Å². The summed E-state index contributed by atoms with van der Waals surface area (Å²) >= 11 is 0. The van der Waals surface area contributed by atoms with Crippen LogP contribution in [0.4, 0.5) is 10.1 Å². The topological polar surface area (TPSA) is 76.2 Å². The van der Waals surface area contributed by atoms with Crippen molar-refractivity contribution in [3.8, 4) is 11.8 Å². The molecule has 5 nitrogen and oxygen atoms in total. The maximum atomic E-state index is 13.9. The predicted molar refractivity (Wildman–Crippen MR) is 73.3 cm³/mol. The van der Waals surface area contributed by atoms with E-state index >= 15 is 0 Å². The summed E-state index contributed by atoms with van der Waals surface area (Å²) in [6.45, 7) is 1.46. The van der Waals surface area contributed by atoms with Crippen LogP contribution >= 0.6 is 0 Å². The van der Waals surface area contributed by atoms with E-state index in [1.807, 2.05) is 0 Å². The first-order valence-corrected chi connectivity index (χ1v) is 6.09. The van der Waals surface area contributed by atoms with Gasteiger partial charge >= 0.3 is 0 Å². The molecule has 0 aliphatic heterocycles. The van der Waals surface area contributed by atoms with Gasteiger partial charge in [0.1, 0.15) is 24.2 Å². The van der Waals surface area contributed by atoms with Gasteiger partial charge in [-0.1, -0.05) is 18.2 Å². The van der Waals surface area contributed by atoms with Crippen LogP contribution in [0.15, 0.2) is 36.4 Å². The largest absolute Gasteiger partial charge is 0.488 e. The molecule has 21 heavy (non-hydrogen) atoms. The van der Waals surface area contributed by atoms with Gasteiger partial charge in [0.25, 0.3) is 5.69 Å². The lowest BCUT2D eigenvalue weighted by Crippen LogP contribution is -2.02. The lowest BCUT2D eigenvalue weighted by atomic mass is 10.1. The van der Waals surface area contributed by atoms with Crippen molar-refractivity contribution in [1.29, 1.82) is 5.26 Å². The molecule has 2 aromatic carbocycles. The minimum atomic E-state index is -0.636. The van der Waals surface area contributed by atoms with E-state index in [-0.39, 0.29) is 23.4 Å². The van der Waals surface area contributed by atoms with Gasteiger partial charge < -0.3 is 4.74 Å². The Hall–Kier alpha value is -2.94. The third kappa shape index (κ3) is 2.98. The average Bonchev–Trinajstić information content (AvgIpc) is 2.47. The molecule has 0 N–H and O–H groups in total. The van der Waals surface area contributed by atoms with Crippen LogP contribution in [0.3, 0.4) is 0 Å². The number of ether oxygens (including phenoxy) is 1. The van der Waals surface area contributed by atoms with E-state index in [0.29, 0.717) is 11.3 Å². The summed E-state index contributed by atoms with van der Waals surface area (Å²) in [6.07, 6.45) is 0. The molecular formula is C15H11FN2O3. The van der Waals surface area contributed by atoms with E-state index in [4.69, 9.17) is 10.00 Å². The van der Waals surface area contributed by atoms with Crippen LogP contribution in [0.2, 0.25) is 0 Å². The molecule has 0 unspecified atom stereocenters.